The van der Waals surface area contributed by atoms with Gasteiger partial charge in [-0.2, -0.15) is 0 Å². The molecule has 2 N–H and O–H groups in total. The fourth-order valence-electron chi connectivity index (χ4n) is 1.71. The Balaban J connectivity index is 2.65. The third kappa shape index (κ3) is 5.51. The van der Waals surface area contributed by atoms with Crippen molar-refractivity contribution in [2.24, 2.45) is 0 Å². The monoisotopic (exact) mass is 357 g/mol. The maximum absolute atomic E-state index is 11.9. The number of nitrogens with zero attached hydrogens (tertiary/aromatic N) is 1. The Hall–Kier alpha value is -2.68. The minimum atomic E-state index is -1.04. The van der Waals surface area contributed by atoms with E-state index >= 15 is 0 Å². The molecule has 1 aromatic rings. The van der Waals surface area contributed by atoms with E-state index in [0.717, 1.165) is 12.1 Å². The van der Waals surface area contributed by atoms with E-state index in [1.165, 1.54) is 13.0 Å². The number of ether oxygens (including phenoxy) is 1. The number of nitrogens with one attached hydrogen (secondary N) is 2. The molecule has 0 bridgehead atoms. The first kappa shape index (κ1) is 19.4. The average Bonchev–Trinajstić information content (AvgIpc) is 2.52. The number of nitro groups is 1. The molecule has 0 radical (unpaired) electrons. The fourth-order valence-corrected chi connectivity index (χ4v) is 1.88. The van der Waals surface area contributed by atoms with Gasteiger partial charge in [0.25, 0.3) is 11.6 Å². The summed E-state index contributed by atoms with van der Waals surface area (Å²) in [6, 6.07) is 2.64. The molecule has 0 spiro atoms. The maximum Gasteiger partial charge on any atom is 0.345 e. The van der Waals surface area contributed by atoms with E-state index in [-0.39, 0.29) is 16.5 Å². The van der Waals surface area contributed by atoms with Crippen LogP contribution in [-0.4, -0.2) is 41.9 Å². The molecular weight excluding hydrogens is 342 g/mol. The first-order valence-electron chi connectivity index (χ1n) is 6.94. The van der Waals surface area contributed by atoms with E-state index in [4.69, 9.17) is 16.3 Å². The summed E-state index contributed by atoms with van der Waals surface area (Å²) >= 11 is 5.65. The van der Waals surface area contributed by atoms with E-state index in [1.54, 1.807) is 6.92 Å². The van der Waals surface area contributed by atoms with Crippen molar-refractivity contribution in [1.82, 2.24) is 10.6 Å². The second-order valence-electron chi connectivity index (χ2n) is 4.68. The quantitative estimate of drug-likeness (QED) is 0.426. The van der Waals surface area contributed by atoms with E-state index in [1.807, 2.05) is 0 Å². The summed E-state index contributed by atoms with van der Waals surface area (Å²) in [4.78, 5) is 45.1. The summed E-state index contributed by atoms with van der Waals surface area (Å²) in [6.45, 7) is 2.93. The van der Waals surface area contributed by atoms with Crippen LogP contribution in [0.15, 0.2) is 18.2 Å². The van der Waals surface area contributed by atoms with Crippen molar-refractivity contribution in [3.63, 3.8) is 0 Å². The van der Waals surface area contributed by atoms with Gasteiger partial charge in [0.2, 0.25) is 5.91 Å². The molecule has 1 aromatic carbocycles. The van der Waals surface area contributed by atoms with Crippen molar-refractivity contribution < 1.29 is 24.0 Å². The molecule has 9 nitrogen and oxygen atoms in total. The third-order valence-electron chi connectivity index (χ3n) is 2.83. The second-order valence-corrected chi connectivity index (χ2v) is 5.11. The normalized spacial score (nSPS) is 11.3. The Morgan fingerprint density at radius 1 is 1.38 bits per heavy atom. The highest BCUT2D eigenvalue weighted by molar-refractivity contribution is 6.31. The van der Waals surface area contributed by atoms with Crippen LogP contribution < -0.4 is 10.6 Å². The Bertz CT molecular complexity index is 664. The molecule has 0 unspecified atom stereocenters. The lowest BCUT2D eigenvalue weighted by molar-refractivity contribution is -0.385. The van der Waals surface area contributed by atoms with Crippen LogP contribution in [0.5, 0.6) is 0 Å². The van der Waals surface area contributed by atoms with Gasteiger partial charge in [-0.25, -0.2) is 4.79 Å². The number of hydrogen-bond donors (Lipinski definition) is 2. The van der Waals surface area contributed by atoms with Crippen LogP contribution in [0.2, 0.25) is 5.02 Å². The number of esters is 1. The van der Waals surface area contributed by atoms with Crippen LogP contribution in [0, 0.1) is 10.1 Å². The summed E-state index contributed by atoms with van der Waals surface area (Å²) in [7, 11) is 0. The first-order valence-corrected chi connectivity index (χ1v) is 7.32. The lowest BCUT2D eigenvalue weighted by Gasteiger charge is -2.13. The fraction of sp³-hybridized carbons (Fsp3) is 0.357. The molecule has 0 heterocycles. The zero-order valence-electron chi connectivity index (χ0n) is 13.0. The zero-order chi connectivity index (χ0) is 18.3. The van der Waals surface area contributed by atoms with Crippen molar-refractivity contribution in [3.8, 4) is 0 Å². The van der Waals surface area contributed by atoms with Gasteiger partial charge in [0.05, 0.1) is 4.92 Å². The van der Waals surface area contributed by atoms with Crippen LogP contribution in [0.3, 0.4) is 0 Å². The van der Waals surface area contributed by atoms with Crippen LogP contribution in [0.25, 0.3) is 0 Å². The lowest BCUT2D eigenvalue weighted by Crippen LogP contribution is -2.46. The number of benzene rings is 1. The minimum absolute atomic E-state index is 0.0896. The molecule has 10 heteroatoms. The molecule has 1 atom stereocenters. The molecule has 0 aliphatic rings. The van der Waals surface area contributed by atoms with E-state index in [9.17, 15) is 24.5 Å². The summed E-state index contributed by atoms with van der Waals surface area (Å²) in [6.07, 6.45) is 0. The van der Waals surface area contributed by atoms with Gasteiger partial charge in [-0.15, -0.1) is 0 Å². The molecule has 0 aliphatic carbocycles. The number of carbonyl (C=O) groups is 3. The number of nitro benzene ring substituents is 1. The van der Waals surface area contributed by atoms with Gasteiger partial charge < -0.3 is 15.4 Å². The molecule has 130 valence electrons. The highest BCUT2D eigenvalue weighted by Crippen LogP contribution is 2.23. The number of rotatable bonds is 7. The number of likely N-dealkylation sites (N-methyl/N-ethyl adjacent to an activating group) is 1. The van der Waals surface area contributed by atoms with Crippen molar-refractivity contribution in [2.45, 2.75) is 19.9 Å². The topological polar surface area (TPSA) is 128 Å². The Kier molecular flexibility index (Phi) is 7.12. The molecule has 0 fully saturated rings. The van der Waals surface area contributed by atoms with Gasteiger partial charge in [-0.1, -0.05) is 11.6 Å². The molecule has 24 heavy (non-hydrogen) atoms. The predicted molar refractivity (Wildman–Crippen MR) is 84.7 cm³/mol. The highest BCUT2D eigenvalue weighted by atomic mass is 35.5. The molecule has 0 saturated carbocycles. The smallest absolute Gasteiger partial charge is 0.345 e. The lowest BCUT2D eigenvalue weighted by atomic mass is 10.2. The molecule has 0 saturated heterocycles. The second kappa shape index (κ2) is 8.82. The van der Waals surface area contributed by atoms with Crippen molar-refractivity contribution >= 4 is 35.1 Å². The molecule has 1 rings (SSSR count). The Labute approximate surface area is 142 Å². The van der Waals surface area contributed by atoms with E-state index in [2.05, 4.69) is 10.6 Å². The van der Waals surface area contributed by atoms with E-state index < -0.39 is 35.1 Å². The van der Waals surface area contributed by atoms with Crippen molar-refractivity contribution in [1.29, 1.82) is 0 Å². The summed E-state index contributed by atoms with van der Waals surface area (Å²) in [5.41, 5.74) is -0.849. The largest absolute Gasteiger partial charge is 0.452 e. The average molecular weight is 358 g/mol. The number of hydrogen-bond acceptors (Lipinski definition) is 6. The highest BCUT2D eigenvalue weighted by Gasteiger charge is 2.23. The molecule has 0 aromatic heterocycles. The van der Waals surface area contributed by atoms with Crippen LogP contribution >= 0.6 is 11.6 Å². The van der Waals surface area contributed by atoms with Gasteiger partial charge >= 0.3 is 5.97 Å². The standard InChI is InChI=1S/C14H16ClN3O6/c1-3-16-13(20)8(2)17-12(19)7-24-14(21)10-5-4-9(15)6-11(10)18(22)23/h4-6,8H,3,7H2,1-2H3,(H,16,20)(H,17,19)/t8-/m0/s1. The maximum atomic E-state index is 11.9. The van der Waals surface area contributed by atoms with Gasteiger partial charge in [-0.05, 0) is 26.0 Å². The number of carbonyl (C=O) groups excluding carboxylic acids is 3. The predicted octanol–water partition coefficient (Wildman–Crippen LogP) is 1.05. The van der Waals surface area contributed by atoms with Gasteiger partial charge in [-0.3, -0.25) is 19.7 Å². The summed E-state index contributed by atoms with van der Waals surface area (Å²) in [5, 5.41) is 15.9. The summed E-state index contributed by atoms with van der Waals surface area (Å²) < 4.78 is 4.73. The van der Waals surface area contributed by atoms with E-state index in [0.29, 0.717) is 6.54 Å². The zero-order valence-corrected chi connectivity index (χ0v) is 13.8. The van der Waals surface area contributed by atoms with Crippen LogP contribution in [0.1, 0.15) is 24.2 Å². The molecule has 2 amide bonds. The van der Waals surface area contributed by atoms with Gasteiger partial charge in [0.15, 0.2) is 6.61 Å². The van der Waals surface area contributed by atoms with Crippen molar-refractivity contribution in [3.05, 3.63) is 38.9 Å². The van der Waals surface area contributed by atoms with Crippen LogP contribution in [-0.2, 0) is 14.3 Å². The number of amides is 2. The minimum Gasteiger partial charge on any atom is -0.452 e. The van der Waals surface area contributed by atoms with Gasteiger partial charge in [0.1, 0.15) is 11.6 Å². The van der Waals surface area contributed by atoms with Gasteiger partial charge in [0, 0.05) is 17.6 Å². The van der Waals surface area contributed by atoms with Crippen LogP contribution in [0.4, 0.5) is 5.69 Å². The Morgan fingerprint density at radius 2 is 2.04 bits per heavy atom. The Morgan fingerprint density at radius 3 is 2.62 bits per heavy atom. The summed E-state index contributed by atoms with van der Waals surface area (Å²) in [5.74, 6) is -2.14. The SMILES string of the molecule is CCNC(=O)[C@H](C)NC(=O)COC(=O)c1ccc(Cl)cc1[N+](=O)[O-]. The first-order chi connectivity index (χ1) is 11.3. The number of halogens is 1. The van der Waals surface area contributed by atoms with Crippen molar-refractivity contribution in [2.75, 3.05) is 13.2 Å². The molecular formula is C14H16ClN3O6. The third-order valence-corrected chi connectivity index (χ3v) is 3.07. The molecule has 0 aliphatic heterocycles.